The molecular formula is C22H25N5O3. The summed E-state index contributed by atoms with van der Waals surface area (Å²) in [7, 11) is 1.62. The molecule has 3 aromatic rings. The predicted octanol–water partition coefficient (Wildman–Crippen LogP) is 3.39. The summed E-state index contributed by atoms with van der Waals surface area (Å²) in [6.45, 7) is 5.07. The minimum atomic E-state index is -0.0866. The molecule has 1 saturated heterocycles. The Morgan fingerprint density at radius 2 is 1.83 bits per heavy atom. The third kappa shape index (κ3) is 4.07. The Morgan fingerprint density at radius 3 is 2.53 bits per heavy atom. The van der Waals surface area contributed by atoms with E-state index in [4.69, 9.17) is 9.47 Å². The van der Waals surface area contributed by atoms with Gasteiger partial charge in [0.15, 0.2) is 11.5 Å². The highest BCUT2D eigenvalue weighted by Gasteiger charge is 2.24. The number of nitrogens with zero attached hydrogens (tertiary/aromatic N) is 4. The molecule has 30 heavy (non-hydrogen) atoms. The van der Waals surface area contributed by atoms with E-state index in [1.54, 1.807) is 13.4 Å². The van der Waals surface area contributed by atoms with Crippen LogP contribution < -0.4 is 19.7 Å². The van der Waals surface area contributed by atoms with Crippen molar-refractivity contribution < 1.29 is 14.3 Å². The number of aromatic nitrogens is 2. The minimum Gasteiger partial charge on any atom is -0.493 e. The minimum absolute atomic E-state index is 0.0866. The molecule has 4 rings (SSSR count). The molecule has 0 saturated carbocycles. The fraction of sp³-hybridized carbons (Fsp3) is 0.318. The Morgan fingerprint density at radius 1 is 1.07 bits per heavy atom. The number of benzene rings is 2. The van der Waals surface area contributed by atoms with Crippen LogP contribution in [0.1, 0.15) is 6.92 Å². The molecule has 1 N–H and O–H groups in total. The first-order valence-corrected chi connectivity index (χ1v) is 10.0. The highest BCUT2D eigenvalue weighted by atomic mass is 16.5. The topological polar surface area (TPSA) is 79.8 Å². The number of amides is 2. The number of methoxy groups -OCH3 is 1. The Kier molecular flexibility index (Phi) is 5.83. The molecule has 0 unspecified atom stereocenters. The predicted molar refractivity (Wildman–Crippen MR) is 117 cm³/mol. The maximum atomic E-state index is 12.5. The molecular weight excluding hydrogens is 382 g/mol. The number of piperazine rings is 1. The van der Waals surface area contributed by atoms with Crippen molar-refractivity contribution in [3.8, 4) is 11.5 Å². The number of carbonyl (C=O) groups is 1. The van der Waals surface area contributed by atoms with Crippen LogP contribution in [0, 0.1) is 0 Å². The van der Waals surface area contributed by atoms with Crippen molar-refractivity contribution >= 4 is 28.4 Å². The molecule has 0 radical (unpaired) electrons. The molecule has 1 aromatic heterocycles. The van der Waals surface area contributed by atoms with E-state index in [1.165, 1.54) is 0 Å². The number of carbonyl (C=O) groups excluding carboxylic acids is 1. The van der Waals surface area contributed by atoms with Crippen LogP contribution in [0.5, 0.6) is 11.5 Å². The van der Waals surface area contributed by atoms with Crippen LogP contribution in [0.4, 0.5) is 16.3 Å². The molecule has 8 heteroatoms. The fourth-order valence-corrected chi connectivity index (χ4v) is 3.58. The summed E-state index contributed by atoms with van der Waals surface area (Å²) in [5, 5.41) is 3.84. The van der Waals surface area contributed by atoms with Gasteiger partial charge in [-0.3, -0.25) is 0 Å². The second kappa shape index (κ2) is 8.86. The lowest BCUT2D eigenvalue weighted by Crippen LogP contribution is -2.50. The summed E-state index contributed by atoms with van der Waals surface area (Å²) in [6, 6.07) is 13.2. The molecule has 1 fully saturated rings. The average molecular weight is 407 g/mol. The number of fused-ring (bicyclic) bond motifs is 1. The zero-order valence-electron chi connectivity index (χ0n) is 17.2. The zero-order chi connectivity index (χ0) is 20.9. The molecule has 156 valence electrons. The number of anilines is 2. The van der Waals surface area contributed by atoms with Crippen LogP contribution in [0.15, 0.2) is 48.8 Å². The standard InChI is InChI=1S/C22H25N5O3/c1-3-30-20-14-18-17(13-19(20)29-2)21(24-15-23-18)26-9-11-27(12-10-26)22(28)25-16-7-5-4-6-8-16/h4-8,13-15H,3,9-12H2,1-2H3,(H,25,28). The van der Waals surface area contributed by atoms with Gasteiger partial charge in [0.05, 0.1) is 19.2 Å². The molecule has 1 aliphatic rings. The number of hydrogen-bond donors (Lipinski definition) is 1. The lowest BCUT2D eigenvalue weighted by Gasteiger charge is -2.35. The van der Waals surface area contributed by atoms with Crippen molar-refractivity contribution in [2.24, 2.45) is 0 Å². The van der Waals surface area contributed by atoms with Gasteiger partial charge in [-0.1, -0.05) is 18.2 Å². The van der Waals surface area contributed by atoms with Crippen molar-refractivity contribution in [2.45, 2.75) is 6.92 Å². The van der Waals surface area contributed by atoms with Gasteiger partial charge in [-0.2, -0.15) is 0 Å². The fourth-order valence-electron chi connectivity index (χ4n) is 3.58. The molecule has 0 atom stereocenters. The maximum Gasteiger partial charge on any atom is 0.321 e. The monoisotopic (exact) mass is 407 g/mol. The van der Waals surface area contributed by atoms with Gasteiger partial charge in [0.2, 0.25) is 0 Å². The van der Waals surface area contributed by atoms with Gasteiger partial charge in [0.1, 0.15) is 12.1 Å². The number of para-hydroxylation sites is 1. The summed E-state index contributed by atoms with van der Waals surface area (Å²) >= 11 is 0. The van der Waals surface area contributed by atoms with Gasteiger partial charge in [-0.15, -0.1) is 0 Å². The Balaban J connectivity index is 1.49. The van der Waals surface area contributed by atoms with E-state index >= 15 is 0 Å². The van der Waals surface area contributed by atoms with Crippen molar-refractivity contribution in [3.05, 3.63) is 48.8 Å². The normalized spacial score (nSPS) is 13.9. The van der Waals surface area contributed by atoms with Gasteiger partial charge in [-0.05, 0) is 25.1 Å². The number of rotatable bonds is 5. The third-order valence-electron chi connectivity index (χ3n) is 5.09. The summed E-state index contributed by atoms with van der Waals surface area (Å²) in [5.74, 6) is 2.16. The van der Waals surface area contributed by atoms with E-state index in [0.29, 0.717) is 44.3 Å². The lowest BCUT2D eigenvalue weighted by atomic mass is 10.2. The number of hydrogen-bond acceptors (Lipinski definition) is 6. The summed E-state index contributed by atoms with van der Waals surface area (Å²) in [4.78, 5) is 25.5. The van der Waals surface area contributed by atoms with E-state index in [0.717, 1.165) is 22.4 Å². The lowest BCUT2D eigenvalue weighted by molar-refractivity contribution is 0.208. The highest BCUT2D eigenvalue weighted by molar-refractivity contribution is 5.92. The highest BCUT2D eigenvalue weighted by Crippen LogP contribution is 2.35. The van der Waals surface area contributed by atoms with Gasteiger partial charge in [0.25, 0.3) is 0 Å². The molecule has 2 aromatic carbocycles. The molecule has 0 aliphatic carbocycles. The molecule has 2 heterocycles. The Labute approximate surface area is 175 Å². The van der Waals surface area contributed by atoms with Crippen molar-refractivity contribution in [3.63, 3.8) is 0 Å². The van der Waals surface area contributed by atoms with E-state index in [-0.39, 0.29) is 6.03 Å². The summed E-state index contributed by atoms with van der Waals surface area (Å²) in [6.07, 6.45) is 1.56. The van der Waals surface area contributed by atoms with E-state index in [2.05, 4.69) is 20.2 Å². The first kappa shape index (κ1) is 19.8. The van der Waals surface area contributed by atoms with Crippen molar-refractivity contribution in [1.82, 2.24) is 14.9 Å². The van der Waals surface area contributed by atoms with Crippen LogP contribution >= 0.6 is 0 Å². The average Bonchev–Trinajstić information content (AvgIpc) is 2.79. The van der Waals surface area contributed by atoms with E-state index in [1.807, 2.05) is 54.3 Å². The van der Waals surface area contributed by atoms with Gasteiger partial charge < -0.3 is 24.6 Å². The summed E-state index contributed by atoms with van der Waals surface area (Å²) in [5.41, 5.74) is 1.59. The second-order valence-electron chi connectivity index (χ2n) is 6.92. The quantitative estimate of drug-likeness (QED) is 0.698. The van der Waals surface area contributed by atoms with E-state index in [9.17, 15) is 4.79 Å². The van der Waals surface area contributed by atoms with Gasteiger partial charge >= 0.3 is 6.03 Å². The van der Waals surface area contributed by atoms with Gasteiger partial charge in [-0.25, -0.2) is 14.8 Å². The first-order chi connectivity index (χ1) is 14.7. The van der Waals surface area contributed by atoms with E-state index < -0.39 is 0 Å². The number of nitrogens with one attached hydrogen (secondary N) is 1. The molecule has 0 bridgehead atoms. The van der Waals surface area contributed by atoms with Crippen molar-refractivity contribution in [2.75, 3.05) is 50.1 Å². The second-order valence-corrected chi connectivity index (χ2v) is 6.92. The van der Waals surface area contributed by atoms with Crippen LogP contribution in [-0.4, -0.2) is 60.8 Å². The molecule has 8 nitrogen and oxygen atoms in total. The van der Waals surface area contributed by atoms with Crippen LogP contribution in [0.3, 0.4) is 0 Å². The van der Waals surface area contributed by atoms with Crippen LogP contribution in [0.2, 0.25) is 0 Å². The number of urea groups is 1. The smallest absolute Gasteiger partial charge is 0.321 e. The maximum absolute atomic E-state index is 12.5. The first-order valence-electron chi connectivity index (χ1n) is 10.0. The Bertz CT molecular complexity index is 1020. The Hall–Kier alpha value is -3.55. The summed E-state index contributed by atoms with van der Waals surface area (Å²) < 4.78 is 11.2. The zero-order valence-corrected chi connectivity index (χ0v) is 17.2. The third-order valence-corrected chi connectivity index (χ3v) is 5.09. The molecule has 1 aliphatic heterocycles. The number of ether oxygens (including phenoxy) is 2. The van der Waals surface area contributed by atoms with Gasteiger partial charge in [0, 0.05) is 43.3 Å². The van der Waals surface area contributed by atoms with Crippen LogP contribution in [0.25, 0.3) is 10.9 Å². The largest absolute Gasteiger partial charge is 0.493 e. The molecule has 0 spiro atoms. The van der Waals surface area contributed by atoms with Crippen molar-refractivity contribution in [1.29, 1.82) is 0 Å². The van der Waals surface area contributed by atoms with Crippen LogP contribution in [-0.2, 0) is 0 Å². The molecule has 2 amide bonds. The SMILES string of the molecule is CCOc1cc2ncnc(N3CCN(C(=O)Nc4ccccc4)CC3)c2cc1OC.